The summed E-state index contributed by atoms with van der Waals surface area (Å²) in [6.45, 7) is 8.59. The van der Waals surface area contributed by atoms with Gasteiger partial charge >= 0.3 is 0 Å². The van der Waals surface area contributed by atoms with Crippen LogP contribution in [0.4, 0.5) is 0 Å². The molecular formula is C36H53ClN4O2. The van der Waals surface area contributed by atoms with Crippen molar-refractivity contribution in [2.45, 2.75) is 96.9 Å². The number of amides is 2. The second-order valence-electron chi connectivity index (χ2n) is 12.0. The fourth-order valence-corrected chi connectivity index (χ4v) is 5.45. The summed E-state index contributed by atoms with van der Waals surface area (Å²) >= 11 is 5.61. The van der Waals surface area contributed by atoms with E-state index in [1.165, 1.54) is 41.5 Å². The predicted molar refractivity (Wildman–Crippen MR) is 179 cm³/mol. The Labute approximate surface area is 265 Å². The first-order chi connectivity index (χ1) is 20.8. The van der Waals surface area contributed by atoms with Gasteiger partial charge in [-0.15, -0.1) is 0 Å². The van der Waals surface area contributed by atoms with E-state index in [2.05, 4.69) is 54.1 Å². The molecule has 0 saturated heterocycles. The zero-order chi connectivity index (χ0) is 31.0. The lowest BCUT2D eigenvalue weighted by molar-refractivity contribution is -0.132. The zero-order valence-corrected chi connectivity index (χ0v) is 27.6. The second-order valence-corrected chi connectivity index (χ2v) is 12.4. The van der Waals surface area contributed by atoms with Crippen LogP contribution in [0.2, 0.25) is 5.02 Å². The monoisotopic (exact) mass is 608 g/mol. The molecule has 43 heavy (non-hydrogen) atoms. The third-order valence-electron chi connectivity index (χ3n) is 8.23. The number of allylic oxidation sites excluding steroid dienone is 1. The molecular weight excluding hydrogens is 556 g/mol. The fourth-order valence-electron chi connectivity index (χ4n) is 5.33. The second kappa shape index (κ2) is 18.7. The number of carbonyl (C=O) groups excluding carboxylic acids is 2. The van der Waals surface area contributed by atoms with Gasteiger partial charge in [0.25, 0.3) is 0 Å². The van der Waals surface area contributed by atoms with Crippen molar-refractivity contribution in [1.82, 2.24) is 20.9 Å². The molecule has 4 rings (SSSR count). The molecule has 2 aliphatic rings. The number of aryl methyl sites for hydroxylation is 2. The molecule has 3 N–H and O–H groups in total. The zero-order valence-electron chi connectivity index (χ0n) is 26.8. The lowest BCUT2D eigenvalue weighted by atomic mass is 9.77. The van der Waals surface area contributed by atoms with Crippen LogP contribution in [0.3, 0.4) is 0 Å². The minimum Gasteiger partial charge on any atom is -0.378 e. The Bertz CT molecular complexity index is 1150. The molecule has 0 aliphatic heterocycles. The maximum atomic E-state index is 13.0. The summed E-state index contributed by atoms with van der Waals surface area (Å²) in [4.78, 5) is 27.2. The molecule has 2 fully saturated rings. The van der Waals surface area contributed by atoms with Gasteiger partial charge in [0, 0.05) is 24.3 Å². The van der Waals surface area contributed by atoms with Crippen LogP contribution in [0.1, 0.15) is 94.2 Å². The van der Waals surface area contributed by atoms with Gasteiger partial charge < -0.3 is 20.9 Å². The van der Waals surface area contributed by atoms with Crippen molar-refractivity contribution in [3.63, 3.8) is 0 Å². The maximum Gasteiger partial charge on any atom is 0.239 e. The molecule has 2 aromatic carbocycles. The molecule has 2 amide bonds. The Kier molecular flexibility index (Phi) is 15.1. The van der Waals surface area contributed by atoms with Crippen molar-refractivity contribution in [2.24, 2.45) is 0 Å². The van der Waals surface area contributed by atoms with Gasteiger partial charge in [0.15, 0.2) is 0 Å². The Morgan fingerprint density at radius 2 is 1.70 bits per heavy atom. The van der Waals surface area contributed by atoms with Crippen molar-refractivity contribution in [3.05, 3.63) is 81.5 Å². The Morgan fingerprint density at radius 1 is 0.977 bits per heavy atom. The van der Waals surface area contributed by atoms with Gasteiger partial charge in [0.2, 0.25) is 11.8 Å². The molecule has 2 aliphatic carbocycles. The van der Waals surface area contributed by atoms with Gasteiger partial charge in [0.05, 0.1) is 19.1 Å². The first kappa shape index (κ1) is 34.7. The molecule has 2 aromatic rings. The molecule has 0 spiro atoms. The SMILES string of the molecule is CCCNC(CCC)C(=O)N(C)CC(NCC(=O)NCCCc1ccccc1C1CCC1)=C1CC1.Cc1ccc(Cl)cc1. The number of hydrogen-bond acceptors (Lipinski definition) is 4. The summed E-state index contributed by atoms with van der Waals surface area (Å²) in [6, 6.07) is 16.4. The third-order valence-corrected chi connectivity index (χ3v) is 8.48. The predicted octanol–water partition coefficient (Wildman–Crippen LogP) is 6.92. The highest BCUT2D eigenvalue weighted by molar-refractivity contribution is 6.30. The van der Waals surface area contributed by atoms with E-state index in [9.17, 15) is 9.59 Å². The Morgan fingerprint density at radius 3 is 2.30 bits per heavy atom. The highest BCUT2D eigenvalue weighted by Crippen LogP contribution is 2.38. The van der Waals surface area contributed by atoms with Crippen molar-refractivity contribution < 1.29 is 9.59 Å². The van der Waals surface area contributed by atoms with Crippen molar-refractivity contribution in [1.29, 1.82) is 0 Å². The van der Waals surface area contributed by atoms with E-state index in [0.717, 1.165) is 68.1 Å². The summed E-state index contributed by atoms with van der Waals surface area (Å²) in [7, 11) is 1.87. The normalized spacial score (nSPS) is 14.6. The largest absolute Gasteiger partial charge is 0.378 e. The van der Waals surface area contributed by atoms with Gasteiger partial charge in [-0.25, -0.2) is 0 Å². The highest BCUT2D eigenvalue weighted by atomic mass is 35.5. The summed E-state index contributed by atoms with van der Waals surface area (Å²) in [5.41, 5.74) is 6.56. The maximum absolute atomic E-state index is 13.0. The van der Waals surface area contributed by atoms with Crippen LogP contribution in [0.25, 0.3) is 0 Å². The number of hydrogen-bond donors (Lipinski definition) is 3. The van der Waals surface area contributed by atoms with Crippen LogP contribution >= 0.6 is 11.6 Å². The van der Waals surface area contributed by atoms with E-state index < -0.39 is 0 Å². The lowest BCUT2D eigenvalue weighted by Gasteiger charge is -2.28. The first-order valence-corrected chi connectivity index (χ1v) is 16.7. The molecule has 2 saturated carbocycles. The Hall–Kier alpha value is -2.83. The number of benzene rings is 2. The molecule has 7 heteroatoms. The quantitative estimate of drug-likeness (QED) is 0.181. The smallest absolute Gasteiger partial charge is 0.239 e. The van der Waals surface area contributed by atoms with Crippen molar-refractivity contribution in [2.75, 3.05) is 33.2 Å². The van der Waals surface area contributed by atoms with E-state index in [0.29, 0.717) is 13.1 Å². The van der Waals surface area contributed by atoms with E-state index in [1.54, 1.807) is 4.90 Å². The molecule has 1 atom stereocenters. The van der Waals surface area contributed by atoms with E-state index >= 15 is 0 Å². The summed E-state index contributed by atoms with van der Waals surface area (Å²) in [5.74, 6) is 0.884. The molecule has 236 valence electrons. The topological polar surface area (TPSA) is 73.5 Å². The Balaban J connectivity index is 0.000000546. The van der Waals surface area contributed by atoms with Crippen LogP contribution in [0.15, 0.2) is 59.8 Å². The number of likely N-dealkylation sites (N-methyl/N-ethyl adjacent to an activating group) is 1. The van der Waals surface area contributed by atoms with Gasteiger partial charge in [-0.1, -0.05) is 80.3 Å². The number of rotatable bonds is 16. The van der Waals surface area contributed by atoms with Gasteiger partial charge in [-0.2, -0.15) is 0 Å². The van der Waals surface area contributed by atoms with Gasteiger partial charge in [-0.05, 0) is 99.6 Å². The number of carbonyl (C=O) groups is 2. The van der Waals surface area contributed by atoms with Crippen molar-refractivity contribution in [3.8, 4) is 0 Å². The number of halogens is 1. The standard InChI is InChI=1S/C29H46N4O2.C7H7Cl/c1-4-10-26(30-18-5-2)29(35)33(3)21-27(24-16-17-24)32-20-28(34)31-19-9-14-22-11-6-7-15-25(22)23-12-8-13-23;1-6-2-4-7(8)5-3-6/h6-7,11,15,23,26,30,32H,4-5,8-10,12-14,16-21H2,1-3H3,(H,31,34);2-5H,1H3. The first-order valence-electron chi connectivity index (χ1n) is 16.3. The third kappa shape index (κ3) is 12.4. The van der Waals surface area contributed by atoms with Gasteiger partial charge in [-0.3, -0.25) is 9.59 Å². The van der Waals surface area contributed by atoms with Crippen LogP contribution in [0, 0.1) is 6.92 Å². The number of nitrogens with zero attached hydrogens (tertiary/aromatic N) is 1. The minimum absolute atomic E-state index is 0.0125. The van der Waals surface area contributed by atoms with Crippen LogP contribution in [-0.4, -0.2) is 56.0 Å². The number of nitrogens with one attached hydrogen (secondary N) is 3. The highest BCUT2D eigenvalue weighted by Gasteiger charge is 2.25. The van der Waals surface area contributed by atoms with Crippen LogP contribution in [-0.2, 0) is 16.0 Å². The van der Waals surface area contributed by atoms with Crippen LogP contribution < -0.4 is 16.0 Å². The van der Waals surface area contributed by atoms with E-state index in [4.69, 9.17) is 11.6 Å². The molecule has 0 bridgehead atoms. The van der Waals surface area contributed by atoms with Crippen LogP contribution in [0.5, 0.6) is 0 Å². The van der Waals surface area contributed by atoms with Crippen molar-refractivity contribution >= 4 is 23.4 Å². The molecule has 6 nitrogen and oxygen atoms in total. The molecule has 0 heterocycles. The average molecular weight is 609 g/mol. The average Bonchev–Trinajstić information content (AvgIpc) is 3.82. The summed E-state index contributed by atoms with van der Waals surface area (Å²) in [5, 5.41) is 10.6. The molecule has 1 unspecified atom stereocenters. The summed E-state index contributed by atoms with van der Waals surface area (Å²) in [6.07, 6.45) is 10.9. The molecule has 0 aromatic heterocycles. The van der Waals surface area contributed by atoms with E-state index in [-0.39, 0.29) is 24.4 Å². The minimum atomic E-state index is -0.131. The van der Waals surface area contributed by atoms with E-state index in [1.807, 2.05) is 38.2 Å². The summed E-state index contributed by atoms with van der Waals surface area (Å²) < 4.78 is 0. The molecule has 0 radical (unpaired) electrons. The lowest BCUT2D eigenvalue weighted by Crippen LogP contribution is -2.47. The fraction of sp³-hybridized carbons (Fsp3) is 0.556. The van der Waals surface area contributed by atoms with Gasteiger partial charge in [0.1, 0.15) is 0 Å².